The molecule has 27 heavy (non-hydrogen) atoms. The molecule has 0 saturated carbocycles. The van der Waals surface area contributed by atoms with Gasteiger partial charge < -0.3 is 15.0 Å². The lowest BCUT2D eigenvalue weighted by Crippen LogP contribution is -2.57. The Balaban J connectivity index is 1.43. The largest absolute Gasteiger partial charge is 0.491 e. The van der Waals surface area contributed by atoms with Gasteiger partial charge in [-0.15, -0.1) is 11.8 Å². The molecule has 3 heterocycles. The lowest BCUT2D eigenvalue weighted by Gasteiger charge is -2.42. The second kappa shape index (κ2) is 8.48. The predicted molar refractivity (Wildman–Crippen MR) is 111 cm³/mol. The fraction of sp³-hybridized carbons (Fsp3) is 0.524. The summed E-state index contributed by atoms with van der Waals surface area (Å²) in [5.41, 5.74) is 1.55. The number of nitrogens with zero attached hydrogens (tertiary/aromatic N) is 3. The van der Waals surface area contributed by atoms with Gasteiger partial charge in [-0.1, -0.05) is 24.6 Å². The molecule has 3 atom stereocenters. The fourth-order valence-electron chi connectivity index (χ4n) is 4.36. The van der Waals surface area contributed by atoms with E-state index in [0.29, 0.717) is 18.0 Å². The van der Waals surface area contributed by atoms with Gasteiger partial charge in [-0.3, -0.25) is 0 Å². The number of hydrogen-bond acceptors (Lipinski definition) is 6. The van der Waals surface area contributed by atoms with Gasteiger partial charge in [0.15, 0.2) is 11.6 Å². The van der Waals surface area contributed by atoms with Gasteiger partial charge in [0.25, 0.3) is 0 Å². The lowest BCUT2D eigenvalue weighted by molar-refractivity contribution is 0.348. The van der Waals surface area contributed by atoms with E-state index >= 15 is 0 Å². The molecule has 0 aliphatic carbocycles. The van der Waals surface area contributed by atoms with E-state index in [4.69, 9.17) is 4.74 Å². The summed E-state index contributed by atoms with van der Waals surface area (Å²) in [7, 11) is 1.69. The van der Waals surface area contributed by atoms with Gasteiger partial charge >= 0.3 is 0 Å². The third-order valence-corrected chi connectivity index (χ3v) is 7.05. The summed E-state index contributed by atoms with van der Waals surface area (Å²) in [6.45, 7) is 4.20. The maximum Gasteiger partial charge on any atom is 0.179 e. The number of fused-ring (bicyclic) bond motifs is 1. The second-order valence-electron chi connectivity index (χ2n) is 7.39. The molecule has 2 aromatic rings. The van der Waals surface area contributed by atoms with E-state index in [0.717, 1.165) is 31.1 Å². The van der Waals surface area contributed by atoms with Gasteiger partial charge in [-0.25, -0.2) is 9.97 Å². The number of hydrogen-bond donors (Lipinski definition) is 1. The van der Waals surface area contributed by atoms with Crippen LogP contribution in [-0.4, -0.2) is 48.0 Å². The highest BCUT2D eigenvalue weighted by molar-refractivity contribution is 7.99. The molecule has 1 fully saturated rings. The Kier molecular flexibility index (Phi) is 5.83. The molecule has 144 valence electrons. The quantitative estimate of drug-likeness (QED) is 0.819. The van der Waals surface area contributed by atoms with Crippen molar-refractivity contribution >= 4 is 17.6 Å². The molecule has 6 heteroatoms. The van der Waals surface area contributed by atoms with E-state index in [1.165, 1.54) is 23.5 Å². The molecule has 0 spiro atoms. The fourth-order valence-corrected chi connectivity index (χ4v) is 5.67. The van der Waals surface area contributed by atoms with Crippen LogP contribution in [0.1, 0.15) is 37.7 Å². The average molecular weight is 385 g/mol. The van der Waals surface area contributed by atoms with Crippen LogP contribution >= 0.6 is 11.8 Å². The average Bonchev–Trinajstić information content (AvgIpc) is 3.12. The highest BCUT2D eigenvalue weighted by Crippen LogP contribution is 2.42. The monoisotopic (exact) mass is 384 g/mol. The first kappa shape index (κ1) is 18.6. The van der Waals surface area contributed by atoms with E-state index < -0.39 is 0 Å². The highest BCUT2D eigenvalue weighted by atomic mass is 32.2. The molecule has 0 bridgehead atoms. The van der Waals surface area contributed by atoms with Crippen LogP contribution in [0.15, 0.2) is 41.7 Å². The maximum atomic E-state index is 5.52. The first-order chi connectivity index (χ1) is 13.3. The molecule has 1 N–H and O–H groups in total. The summed E-state index contributed by atoms with van der Waals surface area (Å²) in [5.74, 6) is 3.60. The zero-order valence-electron chi connectivity index (χ0n) is 16.1. The van der Waals surface area contributed by atoms with Crippen molar-refractivity contribution in [2.24, 2.45) is 0 Å². The molecule has 5 nitrogen and oxygen atoms in total. The maximum absolute atomic E-state index is 5.52. The third-order valence-electron chi connectivity index (χ3n) is 5.80. The van der Waals surface area contributed by atoms with Crippen LogP contribution in [0.5, 0.6) is 5.75 Å². The van der Waals surface area contributed by atoms with Gasteiger partial charge in [0.05, 0.1) is 13.3 Å². The van der Waals surface area contributed by atoms with Crippen molar-refractivity contribution < 1.29 is 4.74 Å². The van der Waals surface area contributed by atoms with Gasteiger partial charge in [0, 0.05) is 35.8 Å². The minimum atomic E-state index is 0.423. The van der Waals surface area contributed by atoms with Crippen LogP contribution in [0.25, 0.3) is 0 Å². The number of methoxy groups -OCH3 is 1. The van der Waals surface area contributed by atoms with Crippen molar-refractivity contribution in [2.75, 3.05) is 30.9 Å². The highest BCUT2D eigenvalue weighted by Gasteiger charge is 2.31. The molecule has 4 rings (SSSR count). The minimum absolute atomic E-state index is 0.423. The molecule has 1 aromatic heterocycles. The summed E-state index contributed by atoms with van der Waals surface area (Å²) in [4.78, 5) is 12.5. The van der Waals surface area contributed by atoms with Crippen LogP contribution in [0, 0.1) is 0 Å². The van der Waals surface area contributed by atoms with Crippen molar-refractivity contribution in [3.8, 4) is 5.75 Å². The molecule has 0 amide bonds. The molecule has 1 saturated heterocycles. The molecule has 3 unspecified atom stereocenters. The SMILES string of the molecule is COc1cncnc1N1CCNC(C)C1CCCC1CSc2ccccc21. The summed E-state index contributed by atoms with van der Waals surface area (Å²) in [5, 5.41) is 3.63. The van der Waals surface area contributed by atoms with Crippen LogP contribution in [0.2, 0.25) is 0 Å². The Morgan fingerprint density at radius 1 is 1.30 bits per heavy atom. The zero-order chi connectivity index (χ0) is 18.6. The van der Waals surface area contributed by atoms with Crippen LogP contribution < -0.4 is 15.0 Å². The molecule has 1 aromatic carbocycles. The number of nitrogens with one attached hydrogen (secondary N) is 1. The van der Waals surface area contributed by atoms with Crippen molar-refractivity contribution in [2.45, 2.75) is 49.1 Å². The molecule has 0 radical (unpaired) electrons. The molecule has 2 aliphatic rings. The summed E-state index contributed by atoms with van der Waals surface area (Å²) in [6, 6.07) is 9.75. The van der Waals surface area contributed by atoms with Crippen molar-refractivity contribution in [3.05, 3.63) is 42.4 Å². The summed E-state index contributed by atoms with van der Waals surface area (Å²) >= 11 is 2.01. The number of thioether (sulfide) groups is 1. The number of aromatic nitrogens is 2. The first-order valence-corrected chi connectivity index (χ1v) is 10.8. The van der Waals surface area contributed by atoms with Crippen molar-refractivity contribution in [1.82, 2.24) is 15.3 Å². The minimum Gasteiger partial charge on any atom is -0.491 e. The number of benzene rings is 1. The zero-order valence-corrected chi connectivity index (χ0v) is 16.9. The van der Waals surface area contributed by atoms with Gasteiger partial charge in [0.1, 0.15) is 6.33 Å². The van der Waals surface area contributed by atoms with Crippen LogP contribution in [-0.2, 0) is 0 Å². The van der Waals surface area contributed by atoms with E-state index in [2.05, 4.69) is 51.4 Å². The van der Waals surface area contributed by atoms with Gasteiger partial charge in [0.2, 0.25) is 0 Å². The Labute approximate surface area is 165 Å². The smallest absolute Gasteiger partial charge is 0.179 e. The number of piperazine rings is 1. The Morgan fingerprint density at radius 2 is 2.19 bits per heavy atom. The van der Waals surface area contributed by atoms with Gasteiger partial charge in [-0.2, -0.15) is 0 Å². The Hall–Kier alpha value is -1.79. The lowest BCUT2D eigenvalue weighted by atomic mass is 9.92. The van der Waals surface area contributed by atoms with E-state index in [1.54, 1.807) is 25.2 Å². The first-order valence-electron chi connectivity index (χ1n) is 9.83. The van der Waals surface area contributed by atoms with E-state index in [-0.39, 0.29) is 0 Å². The van der Waals surface area contributed by atoms with Crippen molar-refractivity contribution in [1.29, 1.82) is 0 Å². The second-order valence-corrected chi connectivity index (χ2v) is 8.46. The normalized spacial score (nSPS) is 24.7. The van der Waals surface area contributed by atoms with E-state index in [9.17, 15) is 0 Å². The molecule has 2 aliphatic heterocycles. The van der Waals surface area contributed by atoms with Crippen molar-refractivity contribution in [3.63, 3.8) is 0 Å². The predicted octanol–water partition coefficient (Wildman–Crippen LogP) is 3.71. The van der Waals surface area contributed by atoms with Crippen LogP contribution in [0.3, 0.4) is 0 Å². The standard InChI is InChI=1S/C21H28N4OS/c1-15-18(8-5-6-16-13-27-20-9-4-3-7-17(16)20)25(11-10-23-15)21-19(26-2)12-22-14-24-21/h3-4,7,9,12,14-16,18,23H,5-6,8,10-11,13H2,1-2H3. The number of rotatable bonds is 6. The third kappa shape index (κ3) is 3.92. The Morgan fingerprint density at radius 3 is 3.07 bits per heavy atom. The molecular weight excluding hydrogens is 356 g/mol. The topological polar surface area (TPSA) is 50.3 Å². The summed E-state index contributed by atoms with van der Waals surface area (Å²) in [6.07, 6.45) is 7.01. The summed E-state index contributed by atoms with van der Waals surface area (Å²) < 4.78 is 5.52. The molecular formula is C21H28N4OS. The number of ether oxygens (including phenoxy) is 1. The van der Waals surface area contributed by atoms with Crippen LogP contribution in [0.4, 0.5) is 5.82 Å². The number of anilines is 1. The van der Waals surface area contributed by atoms with Gasteiger partial charge in [-0.05, 0) is 37.3 Å². The Bertz CT molecular complexity index is 771. The van der Waals surface area contributed by atoms with E-state index in [1.807, 2.05) is 11.8 Å².